The lowest BCUT2D eigenvalue weighted by Crippen LogP contribution is -2.52. The van der Waals surface area contributed by atoms with Crippen LogP contribution >= 0.6 is 0 Å². The summed E-state index contributed by atoms with van der Waals surface area (Å²) in [6, 6.07) is -0.459. The second-order valence-corrected chi connectivity index (χ2v) is 7.16. The van der Waals surface area contributed by atoms with E-state index < -0.39 is 23.4 Å². The summed E-state index contributed by atoms with van der Waals surface area (Å²) < 4.78 is 10.4. The summed E-state index contributed by atoms with van der Waals surface area (Å²) in [4.78, 5) is 23.5. The van der Waals surface area contributed by atoms with E-state index in [0.29, 0.717) is 13.1 Å². The highest BCUT2D eigenvalue weighted by Gasteiger charge is 2.32. The van der Waals surface area contributed by atoms with E-state index in [9.17, 15) is 9.59 Å². The minimum atomic E-state index is -0.551. The third kappa shape index (κ3) is 7.17. The number of amides is 2. The summed E-state index contributed by atoms with van der Waals surface area (Å²) in [7, 11) is 0. The van der Waals surface area contributed by atoms with Crippen molar-refractivity contribution in [1.29, 1.82) is 0 Å². The van der Waals surface area contributed by atoms with Gasteiger partial charge in [0.2, 0.25) is 0 Å². The lowest BCUT2D eigenvalue weighted by atomic mass is 10.1. The van der Waals surface area contributed by atoms with Crippen LogP contribution in [0.5, 0.6) is 0 Å². The Morgan fingerprint density at radius 2 is 1.19 bits per heavy atom. The molecule has 0 aliphatic carbocycles. The van der Waals surface area contributed by atoms with Crippen molar-refractivity contribution < 1.29 is 19.1 Å². The highest BCUT2D eigenvalue weighted by molar-refractivity contribution is 5.70. The first-order valence-electron chi connectivity index (χ1n) is 7.16. The van der Waals surface area contributed by atoms with E-state index in [2.05, 4.69) is 16.0 Å². The Bertz CT molecular complexity index is 349. The van der Waals surface area contributed by atoms with E-state index >= 15 is 0 Å². The lowest BCUT2D eigenvalue weighted by Gasteiger charge is -2.26. The normalized spacial score (nSPS) is 22.6. The van der Waals surface area contributed by atoms with Crippen LogP contribution in [0.1, 0.15) is 41.5 Å². The second-order valence-electron chi connectivity index (χ2n) is 7.16. The molecule has 2 unspecified atom stereocenters. The molecule has 7 heteroatoms. The molecule has 1 rings (SSSR count). The summed E-state index contributed by atoms with van der Waals surface area (Å²) in [6.07, 6.45) is -0.987. The van der Waals surface area contributed by atoms with Crippen molar-refractivity contribution >= 4 is 12.2 Å². The van der Waals surface area contributed by atoms with Crippen molar-refractivity contribution in [1.82, 2.24) is 16.0 Å². The summed E-state index contributed by atoms with van der Waals surface area (Å²) in [5, 5.41) is 8.64. The van der Waals surface area contributed by atoms with E-state index in [1.54, 1.807) is 41.5 Å². The SMILES string of the molecule is CC(C)(C)OC(=O)NC1CNCC1NC(=O)OC(C)(C)C. The predicted molar refractivity (Wildman–Crippen MR) is 79.2 cm³/mol. The van der Waals surface area contributed by atoms with E-state index in [4.69, 9.17) is 9.47 Å². The highest BCUT2D eigenvalue weighted by atomic mass is 16.6. The molecule has 0 spiro atoms. The molecule has 3 N–H and O–H groups in total. The maximum absolute atomic E-state index is 11.8. The first-order chi connectivity index (χ1) is 9.46. The number of nitrogens with one attached hydrogen (secondary N) is 3. The summed E-state index contributed by atoms with van der Waals surface area (Å²) in [5.74, 6) is 0. The molecular formula is C14H27N3O4. The molecule has 2 amide bonds. The summed E-state index contributed by atoms with van der Waals surface area (Å²) in [6.45, 7) is 11.9. The Morgan fingerprint density at radius 1 is 0.857 bits per heavy atom. The summed E-state index contributed by atoms with van der Waals surface area (Å²) >= 11 is 0. The second kappa shape index (κ2) is 6.51. The Morgan fingerprint density at radius 3 is 1.48 bits per heavy atom. The number of carbonyl (C=O) groups excluding carboxylic acids is 2. The van der Waals surface area contributed by atoms with Crippen molar-refractivity contribution in [2.24, 2.45) is 0 Å². The maximum atomic E-state index is 11.8. The number of hydrogen-bond acceptors (Lipinski definition) is 5. The first-order valence-corrected chi connectivity index (χ1v) is 7.16. The molecule has 0 radical (unpaired) electrons. The van der Waals surface area contributed by atoms with Crippen LogP contribution in [0.2, 0.25) is 0 Å². The molecule has 21 heavy (non-hydrogen) atoms. The van der Waals surface area contributed by atoms with E-state index in [-0.39, 0.29) is 12.1 Å². The van der Waals surface area contributed by atoms with Crippen LogP contribution in [0.3, 0.4) is 0 Å². The average Bonchev–Trinajstić information content (AvgIpc) is 2.59. The van der Waals surface area contributed by atoms with Gasteiger partial charge in [0.05, 0.1) is 12.1 Å². The van der Waals surface area contributed by atoms with Crippen LogP contribution in [0.15, 0.2) is 0 Å². The molecule has 1 heterocycles. The van der Waals surface area contributed by atoms with Gasteiger partial charge in [0.1, 0.15) is 11.2 Å². The van der Waals surface area contributed by atoms with Crippen LogP contribution < -0.4 is 16.0 Å². The van der Waals surface area contributed by atoms with Crippen molar-refractivity contribution in [3.63, 3.8) is 0 Å². The smallest absolute Gasteiger partial charge is 0.407 e. The van der Waals surface area contributed by atoms with Crippen LogP contribution in [0.4, 0.5) is 9.59 Å². The van der Waals surface area contributed by atoms with E-state index in [1.165, 1.54) is 0 Å². The number of hydrogen-bond donors (Lipinski definition) is 3. The number of ether oxygens (including phenoxy) is 2. The Labute approximate surface area is 126 Å². The number of carbonyl (C=O) groups is 2. The number of alkyl carbamates (subject to hydrolysis) is 2. The van der Waals surface area contributed by atoms with Gasteiger partial charge in [-0.3, -0.25) is 0 Å². The van der Waals surface area contributed by atoms with Gasteiger partial charge in [-0.2, -0.15) is 0 Å². The lowest BCUT2D eigenvalue weighted by molar-refractivity contribution is 0.0447. The fraction of sp³-hybridized carbons (Fsp3) is 0.857. The quantitative estimate of drug-likeness (QED) is 0.717. The monoisotopic (exact) mass is 301 g/mol. The van der Waals surface area contributed by atoms with Crippen LogP contribution in [0, 0.1) is 0 Å². The molecule has 0 aromatic heterocycles. The van der Waals surface area contributed by atoms with Crippen molar-refractivity contribution in [3.05, 3.63) is 0 Å². The molecule has 122 valence electrons. The Hall–Kier alpha value is -1.50. The fourth-order valence-electron chi connectivity index (χ4n) is 1.90. The largest absolute Gasteiger partial charge is 0.444 e. The Balaban J connectivity index is 2.48. The molecule has 7 nitrogen and oxygen atoms in total. The molecular weight excluding hydrogens is 274 g/mol. The minimum absolute atomic E-state index is 0.229. The standard InChI is InChI=1S/C14H27N3O4/c1-13(2,3)20-11(18)16-9-7-15-8-10(9)17-12(19)21-14(4,5)6/h9-10,15H,7-8H2,1-6H3,(H,16,18)(H,17,19). The first kappa shape index (κ1) is 17.6. The molecule has 1 aliphatic rings. The molecule has 0 saturated carbocycles. The molecule has 0 aromatic carbocycles. The molecule has 1 saturated heterocycles. The minimum Gasteiger partial charge on any atom is -0.444 e. The maximum Gasteiger partial charge on any atom is 0.407 e. The van der Waals surface area contributed by atoms with Gasteiger partial charge in [-0.15, -0.1) is 0 Å². The molecule has 1 aliphatic heterocycles. The third-order valence-corrected chi connectivity index (χ3v) is 2.62. The van der Waals surface area contributed by atoms with Gasteiger partial charge in [0.15, 0.2) is 0 Å². The number of rotatable bonds is 2. The topological polar surface area (TPSA) is 88.7 Å². The van der Waals surface area contributed by atoms with Gasteiger partial charge in [0, 0.05) is 13.1 Å². The molecule has 0 bridgehead atoms. The van der Waals surface area contributed by atoms with Gasteiger partial charge in [-0.05, 0) is 41.5 Å². The van der Waals surface area contributed by atoms with Crippen molar-refractivity contribution in [2.45, 2.75) is 64.8 Å². The highest BCUT2D eigenvalue weighted by Crippen LogP contribution is 2.10. The fourth-order valence-corrected chi connectivity index (χ4v) is 1.90. The van der Waals surface area contributed by atoms with Crippen LogP contribution in [0.25, 0.3) is 0 Å². The van der Waals surface area contributed by atoms with Crippen LogP contribution in [-0.4, -0.2) is 48.6 Å². The van der Waals surface area contributed by atoms with E-state index in [1.807, 2.05) is 0 Å². The van der Waals surface area contributed by atoms with Crippen molar-refractivity contribution in [3.8, 4) is 0 Å². The van der Waals surface area contributed by atoms with Gasteiger partial charge in [-0.1, -0.05) is 0 Å². The predicted octanol–water partition coefficient (Wildman–Crippen LogP) is 1.38. The molecule has 0 aromatic rings. The van der Waals surface area contributed by atoms with Crippen LogP contribution in [-0.2, 0) is 9.47 Å². The molecule has 2 atom stereocenters. The molecule has 1 fully saturated rings. The van der Waals surface area contributed by atoms with Gasteiger partial charge in [0.25, 0.3) is 0 Å². The van der Waals surface area contributed by atoms with Crippen molar-refractivity contribution in [2.75, 3.05) is 13.1 Å². The van der Waals surface area contributed by atoms with Gasteiger partial charge >= 0.3 is 12.2 Å². The average molecular weight is 301 g/mol. The zero-order chi connectivity index (χ0) is 16.3. The zero-order valence-corrected chi connectivity index (χ0v) is 13.7. The Kier molecular flexibility index (Phi) is 5.44. The van der Waals surface area contributed by atoms with E-state index in [0.717, 1.165) is 0 Å². The van der Waals surface area contributed by atoms with Gasteiger partial charge < -0.3 is 25.4 Å². The third-order valence-electron chi connectivity index (χ3n) is 2.62. The summed E-state index contributed by atoms with van der Waals surface area (Å²) in [5.41, 5.74) is -1.10. The van der Waals surface area contributed by atoms with Gasteiger partial charge in [-0.25, -0.2) is 9.59 Å². The zero-order valence-electron chi connectivity index (χ0n) is 13.7.